The number of nitrogens with one attached hydrogen (secondary N) is 2. The molecule has 1 rings (SSSR count). The van der Waals surface area contributed by atoms with Crippen molar-refractivity contribution in [2.45, 2.75) is 64.7 Å². The number of alkyl halides is 3. The van der Waals surface area contributed by atoms with E-state index < -0.39 is 12.1 Å². The molecule has 3 atom stereocenters. The van der Waals surface area contributed by atoms with E-state index in [0.717, 1.165) is 13.0 Å². The van der Waals surface area contributed by atoms with Crippen LogP contribution in [0.1, 0.15) is 46.5 Å². The van der Waals surface area contributed by atoms with Crippen LogP contribution in [0, 0.1) is 11.8 Å². The lowest BCUT2D eigenvalue weighted by atomic mass is 9.78. The Bertz CT molecular complexity index is 254. The summed E-state index contributed by atoms with van der Waals surface area (Å²) in [6.07, 6.45) is -1.40. The van der Waals surface area contributed by atoms with E-state index >= 15 is 0 Å². The van der Waals surface area contributed by atoms with Crippen molar-refractivity contribution in [1.29, 1.82) is 0 Å². The average Bonchev–Trinajstić information content (AvgIpc) is 2.33. The van der Waals surface area contributed by atoms with Gasteiger partial charge in [0, 0.05) is 18.6 Å². The van der Waals surface area contributed by atoms with Crippen molar-refractivity contribution in [3.05, 3.63) is 0 Å². The standard InChI is InChI=1S/C14H27F3N2/c1-10(2)18-8-11(3)19-9-12-6-4-5-7-13(12)14(15,16)17/h10-13,18-19H,4-9H2,1-3H3. The largest absolute Gasteiger partial charge is 0.392 e. The van der Waals surface area contributed by atoms with Gasteiger partial charge in [-0.1, -0.05) is 26.7 Å². The van der Waals surface area contributed by atoms with E-state index in [-0.39, 0.29) is 12.0 Å². The van der Waals surface area contributed by atoms with E-state index in [2.05, 4.69) is 24.5 Å². The molecule has 1 aliphatic carbocycles. The van der Waals surface area contributed by atoms with Gasteiger partial charge in [0.25, 0.3) is 0 Å². The summed E-state index contributed by atoms with van der Waals surface area (Å²) < 4.78 is 38.8. The molecular formula is C14H27F3N2. The van der Waals surface area contributed by atoms with Crippen LogP contribution in [0.15, 0.2) is 0 Å². The summed E-state index contributed by atoms with van der Waals surface area (Å²) in [5.74, 6) is -1.37. The van der Waals surface area contributed by atoms with Crippen LogP contribution in [-0.4, -0.2) is 31.3 Å². The first kappa shape index (κ1) is 16.8. The second-order valence-corrected chi connectivity index (χ2v) is 6.06. The van der Waals surface area contributed by atoms with Crippen LogP contribution in [0.4, 0.5) is 13.2 Å². The highest BCUT2D eigenvalue weighted by Crippen LogP contribution is 2.41. The summed E-state index contributed by atoms with van der Waals surface area (Å²) >= 11 is 0. The van der Waals surface area contributed by atoms with Gasteiger partial charge in [0.1, 0.15) is 0 Å². The lowest BCUT2D eigenvalue weighted by Gasteiger charge is -2.34. The molecule has 0 aromatic carbocycles. The third-order valence-corrected chi connectivity index (χ3v) is 3.89. The van der Waals surface area contributed by atoms with Crippen LogP contribution in [0.3, 0.4) is 0 Å². The average molecular weight is 280 g/mol. The number of hydrogen-bond donors (Lipinski definition) is 2. The van der Waals surface area contributed by atoms with Gasteiger partial charge in [0.15, 0.2) is 0 Å². The molecule has 5 heteroatoms. The predicted molar refractivity (Wildman–Crippen MR) is 72.1 cm³/mol. The zero-order chi connectivity index (χ0) is 14.5. The fraction of sp³-hybridized carbons (Fsp3) is 1.00. The highest BCUT2D eigenvalue weighted by molar-refractivity contribution is 4.83. The summed E-state index contributed by atoms with van der Waals surface area (Å²) in [6, 6.07) is 0.611. The van der Waals surface area contributed by atoms with E-state index in [0.29, 0.717) is 31.8 Å². The van der Waals surface area contributed by atoms with Gasteiger partial charge >= 0.3 is 6.18 Å². The topological polar surface area (TPSA) is 24.1 Å². The van der Waals surface area contributed by atoms with Crippen LogP contribution in [0.2, 0.25) is 0 Å². The first-order chi connectivity index (χ1) is 8.80. The van der Waals surface area contributed by atoms with Crippen molar-refractivity contribution >= 4 is 0 Å². The van der Waals surface area contributed by atoms with Crippen molar-refractivity contribution in [3.63, 3.8) is 0 Å². The van der Waals surface area contributed by atoms with Crippen molar-refractivity contribution in [2.75, 3.05) is 13.1 Å². The smallest absolute Gasteiger partial charge is 0.313 e. The normalized spacial score (nSPS) is 26.7. The van der Waals surface area contributed by atoms with Crippen LogP contribution in [0.5, 0.6) is 0 Å². The number of halogens is 3. The van der Waals surface area contributed by atoms with Gasteiger partial charge in [-0.3, -0.25) is 0 Å². The minimum absolute atomic E-state index is 0.207. The Labute approximate surface area is 114 Å². The summed E-state index contributed by atoms with van der Waals surface area (Å²) in [4.78, 5) is 0. The highest BCUT2D eigenvalue weighted by Gasteiger charge is 2.45. The molecule has 114 valence electrons. The van der Waals surface area contributed by atoms with Gasteiger partial charge in [-0.15, -0.1) is 0 Å². The Morgan fingerprint density at radius 1 is 1.05 bits per heavy atom. The summed E-state index contributed by atoms with van der Waals surface area (Å²) in [5, 5.41) is 6.54. The lowest BCUT2D eigenvalue weighted by molar-refractivity contribution is -0.195. The van der Waals surface area contributed by atoms with E-state index in [1.807, 2.05) is 6.92 Å². The third-order valence-electron chi connectivity index (χ3n) is 3.89. The maximum atomic E-state index is 12.9. The monoisotopic (exact) mass is 280 g/mol. The van der Waals surface area contributed by atoms with Gasteiger partial charge in [-0.05, 0) is 32.2 Å². The molecule has 0 aliphatic heterocycles. The van der Waals surface area contributed by atoms with E-state index in [1.165, 1.54) is 0 Å². The summed E-state index contributed by atoms with van der Waals surface area (Å²) in [7, 11) is 0. The molecule has 0 bridgehead atoms. The second-order valence-electron chi connectivity index (χ2n) is 6.06. The van der Waals surface area contributed by atoms with Crippen LogP contribution in [0.25, 0.3) is 0 Å². The maximum absolute atomic E-state index is 12.9. The molecule has 0 heterocycles. The Morgan fingerprint density at radius 3 is 2.26 bits per heavy atom. The third kappa shape index (κ3) is 6.13. The summed E-state index contributed by atoms with van der Waals surface area (Å²) in [5.41, 5.74) is 0. The molecule has 0 aromatic heterocycles. The maximum Gasteiger partial charge on any atom is 0.392 e. The molecule has 2 nitrogen and oxygen atoms in total. The fourth-order valence-corrected chi connectivity index (χ4v) is 2.72. The van der Waals surface area contributed by atoms with Crippen molar-refractivity contribution < 1.29 is 13.2 Å². The van der Waals surface area contributed by atoms with Crippen LogP contribution >= 0.6 is 0 Å². The van der Waals surface area contributed by atoms with Crippen LogP contribution in [-0.2, 0) is 0 Å². The molecule has 0 aromatic rings. The highest BCUT2D eigenvalue weighted by atomic mass is 19.4. The fourth-order valence-electron chi connectivity index (χ4n) is 2.72. The second kappa shape index (κ2) is 7.48. The van der Waals surface area contributed by atoms with E-state index in [1.54, 1.807) is 0 Å². The molecule has 1 saturated carbocycles. The molecule has 19 heavy (non-hydrogen) atoms. The van der Waals surface area contributed by atoms with E-state index in [9.17, 15) is 13.2 Å². The number of hydrogen-bond acceptors (Lipinski definition) is 2. The van der Waals surface area contributed by atoms with Crippen molar-refractivity contribution in [2.24, 2.45) is 11.8 Å². The van der Waals surface area contributed by atoms with Gasteiger partial charge in [0.05, 0.1) is 5.92 Å². The quantitative estimate of drug-likeness (QED) is 0.780. The SMILES string of the molecule is CC(C)NCC(C)NCC1CCCCC1C(F)(F)F. The van der Waals surface area contributed by atoms with Crippen molar-refractivity contribution in [1.82, 2.24) is 10.6 Å². The first-order valence-electron chi connectivity index (χ1n) is 7.34. The van der Waals surface area contributed by atoms with Crippen molar-refractivity contribution in [3.8, 4) is 0 Å². The van der Waals surface area contributed by atoms with E-state index in [4.69, 9.17) is 0 Å². The molecule has 1 aliphatic rings. The molecular weight excluding hydrogens is 253 g/mol. The zero-order valence-electron chi connectivity index (χ0n) is 12.2. The molecule has 0 saturated heterocycles. The molecule has 3 unspecified atom stereocenters. The Hall–Kier alpha value is -0.290. The van der Waals surface area contributed by atoms with Gasteiger partial charge in [-0.2, -0.15) is 13.2 Å². The minimum atomic E-state index is -4.04. The van der Waals surface area contributed by atoms with Gasteiger partial charge in [-0.25, -0.2) is 0 Å². The van der Waals surface area contributed by atoms with Crippen LogP contribution < -0.4 is 10.6 Å². The first-order valence-corrected chi connectivity index (χ1v) is 7.34. The molecule has 0 amide bonds. The summed E-state index contributed by atoms with van der Waals surface area (Å²) in [6.45, 7) is 7.41. The Morgan fingerprint density at radius 2 is 1.68 bits per heavy atom. The Kier molecular flexibility index (Phi) is 6.60. The number of rotatable bonds is 6. The lowest BCUT2D eigenvalue weighted by Crippen LogP contribution is -2.44. The van der Waals surface area contributed by atoms with Gasteiger partial charge < -0.3 is 10.6 Å². The predicted octanol–water partition coefficient (Wildman–Crippen LogP) is 3.33. The Balaban J connectivity index is 2.37. The molecule has 0 spiro atoms. The zero-order valence-corrected chi connectivity index (χ0v) is 12.2. The molecule has 1 fully saturated rings. The minimum Gasteiger partial charge on any atom is -0.313 e. The molecule has 0 radical (unpaired) electrons. The molecule has 2 N–H and O–H groups in total. The van der Waals surface area contributed by atoms with Gasteiger partial charge in [0.2, 0.25) is 0 Å².